The van der Waals surface area contributed by atoms with Gasteiger partial charge in [-0.1, -0.05) is 12.6 Å². The second-order valence-electron chi connectivity index (χ2n) is 3.39. The Balaban J connectivity index is 2.72. The topological polar surface area (TPSA) is 47.6 Å². The van der Waals surface area contributed by atoms with Gasteiger partial charge in [-0.25, -0.2) is 0 Å². The molecule has 0 heterocycles. The number of alkyl halides is 3. The third-order valence-corrected chi connectivity index (χ3v) is 1.90. The van der Waals surface area contributed by atoms with Crippen molar-refractivity contribution >= 4 is 11.6 Å². The highest BCUT2D eigenvalue weighted by Crippen LogP contribution is 2.25. The van der Waals surface area contributed by atoms with Gasteiger partial charge in [0.15, 0.2) is 5.76 Å². The maximum Gasteiger partial charge on any atom is 0.573 e. The van der Waals surface area contributed by atoms with Crippen molar-refractivity contribution < 1.29 is 27.4 Å². The summed E-state index contributed by atoms with van der Waals surface area (Å²) in [6, 6.07) is 4.91. The highest BCUT2D eigenvalue weighted by atomic mass is 19.4. The zero-order valence-electron chi connectivity index (χ0n) is 10.1. The molecule has 0 aliphatic heterocycles. The van der Waals surface area contributed by atoms with Crippen LogP contribution in [0.25, 0.3) is 0 Å². The fraction of sp³-hybridized carbons (Fsp3) is 0.250. The zero-order chi connectivity index (χ0) is 14.5. The van der Waals surface area contributed by atoms with Gasteiger partial charge in [-0.2, -0.15) is 0 Å². The minimum Gasteiger partial charge on any atom is -0.489 e. The lowest BCUT2D eigenvalue weighted by molar-refractivity contribution is -0.274. The maximum absolute atomic E-state index is 12.0. The first-order valence-electron chi connectivity index (χ1n) is 5.30. The molecule has 1 aromatic carbocycles. The lowest BCUT2D eigenvalue weighted by Gasteiger charge is -2.11. The van der Waals surface area contributed by atoms with Crippen LogP contribution in [0.4, 0.5) is 18.9 Å². The monoisotopic (exact) mass is 275 g/mol. The Hall–Kier alpha value is -2.18. The molecule has 104 valence electrons. The number of halogens is 3. The summed E-state index contributed by atoms with van der Waals surface area (Å²) in [5.41, 5.74) is 0.146. The summed E-state index contributed by atoms with van der Waals surface area (Å²) >= 11 is 0. The van der Waals surface area contributed by atoms with Crippen LogP contribution in [0.15, 0.2) is 36.6 Å². The van der Waals surface area contributed by atoms with Gasteiger partial charge >= 0.3 is 6.36 Å². The van der Waals surface area contributed by atoms with Crippen molar-refractivity contribution in [2.75, 3.05) is 11.9 Å². The Morgan fingerprint density at radius 2 is 2.11 bits per heavy atom. The van der Waals surface area contributed by atoms with Crippen molar-refractivity contribution in [1.82, 2.24) is 0 Å². The van der Waals surface area contributed by atoms with Crippen LogP contribution in [0, 0.1) is 0 Å². The molecule has 1 N–H and O–H groups in total. The van der Waals surface area contributed by atoms with Gasteiger partial charge in [-0.15, -0.1) is 13.2 Å². The molecule has 0 unspecified atom stereocenters. The molecule has 1 rings (SSSR count). The molecule has 0 saturated heterocycles. The molecule has 0 radical (unpaired) electrons. The van der Waals surface area contributed by atoms with Gasteiger partial charge in [0.1, 0.15) is 5.75 Å². The molecule has 0 saturated carbocycles. The number of benzene rings is 1. The predicted molar refractivity (Wildman–Crippen MR) is 62.5 cm³/mol. The number of carbonyl (C=O) groups excluding carboxylic acids is 1. The lowest BCUT2D eigenvalue weighted by Crippen LogP contribution is -2.18. The zero-order valence-corrected chi connectivity index (χ0v) is 10.1. The third kappa shape index (κ3) is 5.33. The van der Waals surface area contributed by atoms with Crippen LogP contribution in [0.3, 0.4) is 0 Å². The van der Waals surface area contributed by atoms with E-state index < -0.39 is 18.0 Å². The summed E-state index contributed by atoms with van der Waals surface area (Å²) in [6.45, 7) is 5.32. The van der Waals surface area contributed by atoms with Crippen LogP contribution in [0.5, 0.6) is 5.75 Å². The molecule has 19 heavy (non-hydrogen) atoms. The molecule has 0 aliphatic carbocycles. The van der Waals surface area contributed by atoms with Crippen LogP contribution in [0.1, 0.15) is 6.92 Å². The molecule has 0 fully saturated rings. The van der Waals surface area contributed by atoms with Gasteiger partial charge in [0.25, 0.3) is 5.91 Å². The second kappa shape index (κ2) is 6.12. The largest absolute Gasteiger partial charge is 0.573 e. The van der Waals surface area contributed by atoms with Gasteiger partial charge in [0, 0.05) is 11.8 Å². The summed E-state index contributed by atoms with van der Waals surface area (Å²) in [5.74, 6) is -1.18. The highest BCUT2D eigenvalue weighted by Gasteiger charge is 2.31. The van der Waals surface area contributed by atoms with Crippen LogP contribution in [-0.4, -0.2) is 18.9 Å². The Morgan fingerprint density at radius 1 is 1.42 bits per heavy atom. The molecule has 4 nitrogen and oxygen atoms in total. The first kappa shape index (κ1) is 14.9. The van der Waals surface area contributed by atoms with Crippen molar-refractivity contribution in [3.05, 3.63) is 36.6 Å². The summed E-state index contributed by atoms with van der Waals surface area (Å²) in [7, 11) is 0. The number of anilines is 1. The number of hydrogen-bond donors (Lipinski definition) is 1. The van der Waals surface area contributed by atoms with E-state index in [0.717, 1.165) is 12.1 Å². The smallest absolute Gasteiger partial charge is 0.489 e. The van der Waals surface area contributed by atoms with Crippen LogP contribution < -0.4 is 10.1 Å². The van der Waals surface area contributed by atoms with Gasteiger partial charge in [0.05, 0.1) is 6.61 Å². The molecule has 0 aliphatic rings. The summed E-state index contributed by atoms with van der Waals surface area (Å²) in [6.07, 6.45) is -4.78. The molecule has 0 bridgehead atoms. The van der Waals surface area contributed by atoms with Crippen molar-refractivity contribution in [3.63, 3.8) is 0 Å². The van der Waals surface area contributed by atoms with Gasteiger partial charge in [-0.05, 0) is 19.1 Å². The molecule has 0 aromatic heterocycles. The van der Waals surface area contributed by atoms with Crippen molar-refractivity contribution in [1.29, 1.82) is 0 Å². The van der Waals surface area contributed by atoms with Crippen LogP contribution >= 0.6 is 0 Å². The quantitative estimate of drug-likeness (QED) is 0.663. The molecule has 0 spiro atoms. The Kier molecular flexibility index (Phi) is 4.80. The Bertz CT molecular complexity index is 472. The van der Waals surface area contributed by atoms with E-state index in [2.05, 4.69) is 16.6 Å². The van der Waals surface area contributed by atoms with E-state index in [1.54, 1.807) is 6.92 Å². The SMILES string of the molecule is C=C(OCC)C(=O)Nc1cccc(OC(F)(F)F)c1. The average molecular weight is 275 g/mol. The van der Waals surface area contributed by atoms with Gasteiger partial charge in [-0.3, -0.25) is 4.79 Å². The van der Waals surface area contributed by atoms with Crippen LogP contribution in [-0.2, 0) is 9.53 Å². The van der Waals surface area contributed by atoms with E-state index >= 15 is 0 Å². The summed E-state index contributed by atoms with van der Waals surface area (Å²) in [5, 5.41) is 2.34. The van der Waals surface area contributed by atoms with E-state index in [-0.39, 0.29) is 18.1 Å². The maximum atomic E-state index is 12.0. The highest BCUT2D eigenvalue weighted by molar-refractivity contribution is 6.01. The lowest BCUT2D eigenvalue weighted by atomic mass is 10.3. The molecular formula is C12H12F3NO3. The van der Waals surface area contributed by atoms with Crippen molar-refractivity contribution in [2.24, 2.45) is 0 Å². The number of ether oxygens (including phenoxy) is 2. The average Bonchev–Trinajstić information content (AvgIpc) is 2.27. The molecule has 0 atom stereocenters. The van der Waals surface area contributed by atoms with E-state index in [4.69, 9.17) is 4.74 Å². The number of hydrogen-bond acceptors (Lipinski definition) is 3. The minimum atomic E-state index is -4.78. The number of rotatable bonds is 5. The fourth-order valence-corrected chi connectivity index (χ4v) is 1.21. The molecule has 1 aromatic rings. The van der Waals surface area contributed by atoms with E-state index in [9.17, 15) is 18.0 Å². The number of carbonyl (C=O) groups is 1. The minimum absolute atomic E-state index is 0.121. The normalized spacial score (nSPS) is 10.7. The standard InChI is InChI=1S/C12H12F3NO3/c1-3-18-8(2)11(17)16-9-5-4-6-10(7-9)19-12(13,14)15/h4-7H,2-3H2,1H3,(H,16,17). The van der Waals surface area contributed by atoms with Crippen molar-refractivity contribution in [2.45, 2.75) is 13.3 Å². The van der Waals surface area contributed by atoms with E-state index in [1.165, 1.54) is 12.1 Å². The predicted octanol–water partition coefficient (Wildman–Crippen LogP) is 3.07. The van der Waals surface area contributed by atoms with E-state index in [1.807, 2.05) is 0 Å². The summed E-state index contributed by atoms with van der Waals surface area (Å²) < 4.78 is 44.7. The first-order valence-corrected chi connectivity index (χ1v) is 5.30. The van der Waals surface area contributed by atoms with E-state index in [0.29, 0.717) is 0 Å². The molecule has 7 heteroatoms. The third-order valence-electron chi connectivity index (χ3n) is 1.90. The Morgan fingerprint density at radius 3 is 2.68 bits per heavy atom. The number of nitrogens with one attached hydrogen (secondary N) is 1. The molecule has 1 amide bonds. The first-order chi connectivity index (χ1) is 8.81. The molecular weight excluding hydrogens is 263 g/mol. The summed E-state index contributed by atoms with van der Waals surface area (Å²) in [4.78, 5) is 11.5. The Labute approximate surface area is 107 Å². The van der Waals surface area contributed by atoms with Crippen LogP contribution in [0.2, 0.25) is 0 Å². The van der Waals surface area contributed by atoms with Crippen molar-refractivity contribution in [3.8, 4) is 5.75 Å². The van der Waals surface area contributed by atoms with Gasteiger partial charge in [0.2, 0.25) is 0 Å². The van der Waals surface area contributed by atoms with Gasteiger partial charge < -0.3 is 14.8 Å². The number of amides is 1. The second-order valence-corrected chi connectivity index (χ2v) is 3.39. The fourth-order valence-electron chi connectivity index (χ4n) is 1.21.